The first kappa shape index (κ1) is 19.6. The molecule has 1 unspecified atom stereocenters. The predicted octanol–water partition coefficient (Wildman–Crippen LogP) is 2.24. The topological polar surface area (TPSA) is 61.6 Å². The van der Waals surface area contributed by atoms with E-state index in [9.17, 15) is 9.90 Å². The summed E-state index contributed by atoms with van der Waals surface area (Å²) in [4.78, 5) is 15.5. The molecule has 1 amide bonds. The number of β-amino-alcohol motifs (C(OH)–C–C–N with tert-alkyl or cyclic N) is 1. The van der Waals surface area contributed by atoms with Gasteiger partial charge in [0.05, 0.1) is 18.0 Å². The molecular weight excluding hydrogens is 340 g/mol. The molecule has 1 aliphatic heterocycles. The molecule has 1 atom stereocenters. The van der Waals surface area contributed by atoms with Gasteiger partial charge >= 0.3 is 0 Å². The lowest BCUT2D eigenvalue weighted by atomic mass is 10.1. The van der Waals surface area contributed by atoms with E-state index in [0.29, 0.717) is 19.6 Å². The lowest BCUT2D eigenvalue weighted by Gasteiger charge is -2.20. The van der Waals surface area contributed by atoms with Crippen molar-refractivity contribution in [1.82, 2.24) is 19.6 Å². The molecule has 6 heteroatoms. The Bertz CT molecular complexity index is 741. The van der Waals surface area contributed by atoms with Crippen LogP contribution in [-0.2, 0) is 17.8 Å². The lowest BCUT2D eigenvalue weighted by Crippen LogP contribution is -2.36. The van der Waals surface area contributed by atoms with Crippen molar-refractivity contribution in [2.24, 2.45) is 0 Å². The van der Waals surface area contributed by atoms with Gasteiger partial charge in [-0.25, -0.2) is 4.68 Å². The van der Waals surface area contributed by atoms with Gasteiger partial charge in [-0.15, -0.1) is 0 Å². The third-order valence-corrected chi connectivity index (χ3v) is 5.09. The van der Waals surface area contributed by atoms with Gasteiger partial charge in [-0.2, -0.15) is 5.10 Å². The third-order valence-electron chi connectivity index (χ3n) is 5.09. The minimum absolute atomic E-state index is 0.0195. The Morgan fingerprint density at radius 2 is 1.96 bits per heavy atom. The number of amides is 1. The summed E-state index contributed by atoms with van der Waals surface area (Å²) in [6.07, 6.45) is 6.96. The summed E-state index contributed by atoms with van der Waals surface area (Å²) < 4.78 is 1.90. The monoisotopic (exact) mass is 370 g/mol. The normalized spacial score (nSPS) is 18.5. The van der Waals surface area contributed by atoms with Crippen molar-refractivity contribution in [2.45, 2.75) is 45.8 Å². The minimum Gasteiger partial charge on any atom is -0.390 e. The van der Waals surface area contributed by atoms with Crippen molar-refractivity contribution in [1.29, 1.82) is 0 Å². The summed E-state index contributed by atoms with van der Waals surface area (Å²) in [5, 5.41) is 14.7. The first-order valence-electron chi connectivity index (χ1n) is 9.84. The van der Waals surface area contributed by atoms with E-state index in [-0.39, 0.29) is 5.91 Å². The molecule has 0 bridgehead atoms. The zero-order chi connectivity index (χ0) is 19.2. The van der Waals surface area contributed by atoms with Crippen LogP contribution in [-0.4, -0.2) is 62.9 Å². The number of aryl methyl sites for hydroxylation is 1. The van der Waals surface area contributed by atoms with Gasteiger partial charge in [0.1, 0.15) is 0 Å². The van der Waals surface area contributed by atoms with Gasteiger partial charge in [0, 0.05) is 51.4 Å². The number of benzene rings is 1. The van der Waals surface area contributed by atoms with Crippen molar-refractivity contribution in [3.8, 4) is 5.69 Å². The minimum atomic E-state index is -0.512. The summed E-state index contributed by atoms with van der Waals surface area (Å²) >= 11 is 0. The SMILES string of the molecule is CCCCc1ccc(-n2cc(CN3CCN(C(C)=O)CC(O)C3)cn2)cc1. The lowest BCUT2D eigenvalue weighted by molar-refractivity contribution is -0.129. The predicted molar refractivity (Wildman–Crippen MR) is 106 cm³/mol. The molecule has 0 aliphatic carbocycles. The average Bonchev–Trinajstić information content (AvgIpc) is 3.03. The van der Waals surface area contributed by atoms with Crippen LogP contribution in [0.5, 0.6) is 0 Å². The first-order valence-corrected chi connectivity index (χ1v) is 9.84. The second-order valence-electron chi connectivity index (χ2n) is 7.42. The fourth-order valence-corrected chi connectivity index (χ4v) is 3.52. The molecule has 3 rings (SSSR count). The first-order chi connectivity index (χ1) is 13.0. The van der Waals surface area contributed by atoms with Gasteiger partial charge in [0.15, 0.2) is 0 Å². The molecule has 2 aromatic rings. The third kappa shape index (κ3) is 5.40. The van der Waals surface area contributed by atoms with Gasteiger partial charge < -0.3 is 10.0 Å². The van der Waals surface area contributed by atoms with Crippen molar-refractivity contribution in [3.63, 3.8) is 0 Å². The Kier molecular flexibility index (Phi) is 6.63. The number of nitrogens with zero attached hydrogens (tertiary/aromatic N) is 4. The number of unbranched alkanes of at least 4 members (excludes halogenated alkanes) is 1. The molecule has 0 spiro atoms. The van der Waals surface area contributed by atoms with Crippen molar-refractivity contribution >= 4 is 5.91 Å². The van der Waals surface area contributed by atoms with Gasteiger partial charge in [-0.1, -0.05) is 25.5 Å². The number of carbonyl (C=O) groups is 1. The van der Waals surface area contributed by atoms with Crippen molar-refractivity contribution in [2.75, 3.05) is 26.2 Å². The van der Waals surface area contributed by atoms with E-state index in [1.165, 1.54) is 18.4 Å². The summed E-state index contributed by atoms with van der Waals surface area (Å²) in [5.74, 6) is 0.0195. The highest BCUT2D eigenvalue weighted by molar-refractivity contribution is 5.73. The van der Waals surface area contributed by atoms with Crippen LogP contribution in [0, 0.1) is 0 Å². The molecule has 1 aliphatic rings. The van der Waals surface area contributed by atoms with Gasteiger partial charge in [0.2, 0.25) is 5.91 Å². The number of carbonyl (C=O) groups excluding carboxylic acids is 1. The molecule has 27 heavy (non-hydrogen) atoms. The van der Waals surface area contributed by atoms with Crippen LogP contribution < -0.4 is 0 Å². The summed E-state index contributed by atoms with van der Waals surface area (Å²) in [7, 11) is 0. The maximum Gasteiger partial charge on any atom is 0.219 e. The van der Waals surface area contributed by atoms with Crippen LogP contribution in [0.3, 0.4) is 0 Å². The Morgan fingerprint density at radius 1 is 1.19 bits per heavy atom. The van der Waals surface area contributed by atoms with E-state index in [1.807, 2.05) is 17.1 Å². The van der Waals surface area contributed by atoms with Gasteiger partial charge in [0.25, 0.3) is 0 Å². The van der Waals surface area contributed by atoms with E-state index in [2.05, 4.69) is 41.2 Å². The highest BCUT2D eigenvalue weighted by Gasteiger charge is 2.22. The average molecular weight is 370 g/mol. The second kappa shape index (κ2) is 9.15. The second-order valence-corrected chi connectivity index (χ2v) is 7.42. The summed E-state index contributed by atoms with van der Waals surface area (Å²) in [6.45, 7) is 6.88. The molecule has 6 nitrogen and oxygen atoms in total. The van der Waals surface area contributed by atoms with E-state index >= 15 is 0 Å². The largest absolute Gasteiger partial charge is 0.390 e. The Morgan fingerprint density at radius 3 is 2.67 bits per heavy atom. The zero-order valence-electron chi connectivity index (χ0n) is 16.3. The van der Waals surface area contributed by atoms with E-state index < -0.39 is 6.10 Å². The van der Waals surface area contributed by atoms with Crippen LogP contribution in [0.2, 0.25) is 0 Å². The van der Waals surface area contributed by atoms with Crippen LogP contribution in [0.1, 0.15) is 37.8 Å². The van der Waals surface area contributed by atoms with Crippen molar-refractivity contribution < 1.29 is 9.90 Å². The van der Waals surface area contributed by atoms with Crippen LogP contribution >= 0.6 is 0 Å². The van der Waals surface area contributed by atoms with E-state index in [0.717, 1.165) is 30.8 Å². The number of aliphatic hydroxyl groups is 1. The maximum absolute atomic E-state index is 11.6. The summed E-state index contributed by atoms with van der Waals surface area (Å²) in [5.41, 5.74) is 3.52. The molecule has 0 saturated carbocycles. The molecule has 1 N–H and O–H groups in total. The van der Waals surface area contributed by atoms with E-state index in [1.54, 1.807) is 11.8 Å². The zero-order valence-corrected chi connectivity index (χ0v) is 16.3. The van der Waals surface area contributed by atoms with Gasteiger partial charge in [-0.3, -0.25) is 9.69 Å². The quantitative estimate of drug-likeness (QED) is 0.847. The Balaban J connectivity index is 1.61. The Hall–Kier alpha value is -2.18. The molecular formula is C21H30N4O2. The maximum atomic E-state index is 11.6. The number of hydrogen-bond donors (Lipinski definition) is 1. The fraction of sp³-hybridized carbons (Fsp3) is 0.524. The fourth-order valence-electron chi connectivity index (χ4n) is 3.52. The van der Waals surface area contributed by atoms with Crippen LogP contribution in [0.25, 0.3) is 5.69 Å². The number of aliphatic hydroxyl groups excluding tert-OH is 1. The van der Waals surface area contributed by atoms with E-state index in [4.69, 9.17) is 0 Å². The van der Waals surface area contributed by atoms with Gasteiger partial charge in [-0.05, 0) is 30.5 Å². The standard InChI is InChI=1S/C21H30N4O2/c1-3-4-5-18-6-8-20(9-7-18)25-14-19(12-22-25)13-23-10-11-24(17(2)26)16-21(27)15-23/h6-9,12,14,21,27H,3-5,10-11,13,15-16H2,1-2H3. The van der Waals surface area contributed by atoms with Crippen molar-refractivity contribution in [3.05, 3.63) is 47.8 Å². The van der Waals surface area contributed by atoms with Crippen LogP contribution in [0.4, 0.5) is 0 Å². The molecule has 146 valence electrons. The van der Waals surface area contributed by atoms with Crippen LogP contribution in [0.15, 0.2) is 36.7 Å². The molecule has 2 heterocycles. The molecule has 1 aromatic carbocycles. The number of rotatable bonds is 6. The smallest absolute Gasteiger partial charge is 0.219 e. The molecule has 1 saturated heterocycles. The molecule has 1 aromatic heterocycles. The summed E-state index contributed by atoms with van der Waals surface area (Å²) in [6, 6.07) is 8.58. The molecule has 0 radical (unpaired) electrons. The number of hydrogen-bond acceptors (Lipinski definition) is 4. The highest BCUT2D eigenvalue weighted by Crippen LogP contribution is 2.14. The highest BCUT2D eigenvalue weighted by atomic mass is 16.3. The Labute approximate surface area is 161 Å². The number of aromatic nitrogens is 2. The molecule has 1 fully saturated rings.